The SMILES string of the molecule is CC1CCc2ccccc2N1CCC(=O)NC1CCC(O)CC1. The highest BCUT2D eigenvalue weighted by Gasteiger charge is 2.24. The Kier molecular flexibility index (Phi) is 5.21. The number of carbonyl (C=O) groups is 1. The van der Waals surface area contributed by atoms with Crippen molar-refractivity contribution in [1.29, 1.82) is 0 Å². The van der Waals surface area contributed by atoms with Gasteiger partial charge in [-0.05, 0) is 57.1 Å². The minimum absolute atomic E-state index is 0.140. The lowest BCUT2D eigenvalue weighted by molar-refractivity contribution is -0.122. The van der Waals surface area contributed by atoms with Crippen LogP contribution in [-0.2, 0) is 11.2 Å². The number of benzene rings is 1. The molecular formula is C19H28N2O2. The summed E-state index contributed by atoms with van der Waals surface area (Å²) in [7, 11) is 0. The first-order valence-electron chi connectivity index (χ1n) is 8.95. The smallest absolute Gasteiger partial charge is 0.221 e. The molecule has 1 aliphatic heterocycles. The van der Waals surface area contributed by atoms with Crippen molar-refractivity contribution in [2.75, 3.05) is 11.4 Å². The van der Waals surface area contributed by atoms with Crippen molar-refractivity contribution in [3.8, 4) is 0 Å². The number of aryl methyl sites for hydroxylation is 1. The van der Waals surface area contributed by atoms with Crippen LogP contribution in [0, 0.1) is 0 Å². The van der Waals surface area contributed by atoms with Gasteiger partial charge in [-0.3, -0.25) is 4.79 Å². The number of aliphatic hydroxyl groups excluding tert-OH is 1. The molecule has 0 saturated heterocycles. The third-order valence-corrected chi connectivity index (χ3v) is 5.31. The summed E-state index contributed by atoms with van der Waals surface area (Å²) >= 11 is 0. The number of anilines is 1. The van der Waals surface area contributed by atoms with E-state index in [0.29, 0.717) is 12.5 Å². The second-order valence-electron chi connectivity index (χ2n) is 7.03. The fourth-order valence-corrected chi connectivity index (χ4v) is 3.84. The van der Waals surface area contributed by atoms with Crippen molar-refractivity contribution in [1.82, 2.24) is 5.32 Å². The number of nitrogens with one attached hydrogen (secondary N) is 1. The van der Waals surface area contributed by atoms with Crippen LogP contribution >= 0.6 is 0 Å². The second kappa shape index (κ2) is 7.35. The largest absolute Gasteiger partial charge is 0.393 e. The van der Waals surface area contributed by atoms with Gasteiger partial charge in [-0.25, -0.2) is 0 Å². The number of hydrogen-bond acceptors (Lipinski definition) is 3. The summed E-state index contributed by atoms with van der Waals surface area (Å²) in [5.74, 6) is 0.140. The molecule has 4 nitrogen and oxygen atoms in total. The van der Waals surface area contributed by atoms with E-state index in [1.807, 2.05) is 0 Å². The van der Waals surface area contributed by atoms with Crippen LogP contribution < -0.4 is 10.2 Å². The number of para-hydroxylation sites is 1. The summed E-state index contributed by atoms with van der Waals surface area (Å²) in [6, 6.07) is 9.28. The van der Waals surface area contributed by atoms with Crippen molar-refractivity contribution < 1.29 is 9.90 Å². The molecule has 1 aromatic carbocycles. The van der Waals surface area contributed by atoms with Crippen molar-refractivity contribution in [2.24, 2.45) is 0 Å². The van der Waals surface area contributed by atoms with Crippen molar-refractivity contribution >= 4 is 11.6 Å². The Morgan fingerprint density at radius 2 is 1.96 bits per heavy atom. The molecule has 0 spiro atoms. The van der Waals surface area contributed by atoms with Gasteiger partial charge in [0.2, 0.25) is 5.91 Å². The molecule has 0 bridgehead atoms. The molecule has 0 radical (unpaired) electrons. The highest BCUT2D eigenvalue weighted by atomic mass is 16.3. The minimum Gasteiger partial charge on any atom is -0.393 e. The maximum Gasteiger partial charge on any atom is 0.221 e. The fourth-order valence-electron chi connectivity index (χ4n) is 3.84. The zero-order valence-electron chi connectivity index (χ0n) is 14.0. The van der Waals surface area contributed by atoms with Crippen molar-refractivity contribution in [3.05, 3.63) is 29.8 Å². The Hall–Kier alpha value is -1.55. The molecule has 1 heterocycles. The molecule has 1 fully saturated rings. The van der Waals surface area contributed by atoms with Gasteiger partial charge in [0.25, 0.3) is 0 Å². The van der Waals surface area contributed by atoms with E-state index < -0.39 is 0 Å². The number of nitrogens with zero attached hydrogens (tertiary/aromatic N) is 1. The third-order valence-electron chi connectivity index (χ3n) is 5.31. The molecule has 1 unspecified atom stereocenters. The Balaban J connectivity index is 1.52. The van der Waals surface area contributed by atoms with Gasteiger partial charge in [0.05, 0.1) is 6.10 Å². The van der Waals surface area contributed by atoms with Gasteiger partial charge in [-0.15, -0.1) is 0 Å². The van der Waals surface area contributed by atoms with Crippen LogP contribution in [0.5, 0.6) is 0 Å². The predicted octanol–water partition coefficient (Wildman–Crippen LogP) is 2.64. The average molecular weight is 316 g/mol. The van der Waals surface area contributed by atoms with Crippen LogP contribution in [0.25, 0.3) is 0 Å². The first-order chi connectivity index (χ1) is 11.1. The molecule has 1 amide bonds. The number of carbonyl (C=O) groups excluding carboxylic acids is 1. The first kappa shape index (κ1) is 16.3. The van der Waals surface area contributed by atoms with Gasteiger partial charge >= 0.3 is 0 Å². The molecule has 1 saturated carbocycles. The summed E-state index contributed by atoms with van der Waals surface area (Å²) in [6.45, 7) is 3.02. The maximum absolute atomic E-state index is 12.3. The van der Waals surface area contributed by atoms with Crippen LogP contribution in [0.3, 0.4) is 0 Å². The van der Waals surface area contributed by atoms with Crippen molar-refractivity contribution in [2.45, 2.75) is 70.1 Å². The molecule has 126 valence electrons. The summed E-state index contributed by atoms with van der Waals surface area (Å²) in [5.41, 5.74) is 2.69. The van der Waals surface area contributed by atoms with Crippen LogP contribution in [0.4, 0.5) is 5.69 Å². The fraction of sp³-hybridized carbons (Fsp3) is 0.632. The standard InChI is InChI=1S/C19H28N2O2/c1-14-6-7-15-4-2-3-5-18(15)21(14)13-12-19(23)20-16-8-10-17(22)11-9-16/h2-5,14,16-17,22H,6-13H2,1H3,(H,20,23). The Bertz CT molecular complexity index is 538. The van der Waals surface area contributed by atoms with Gasteiger partial charge in [0.15, 0.2) is 0 Å². The lowest BCUT2D eigenvalue weighted by Gasteiger charge is -2.37. The molecule has 4 heteroatoms. The summed E-state index contributed by atoms with van der Waals surface area (Å²) < 4.78 is 0. The molecule has 0 aromatic heterocycles. The molecule has 2 aliphatic rings. The third kappa shape index (κ3) is 4.05. The topological polar surface area (TPSA) is 52.6 Å². The highest BCUT2D eigenvalue weighted by Crippen LogP contribution is 2.30. The van der Waals surface area contributed by atoms with E-state index in [2.05, 4.69) is 41.4 Å². The Morgan fingerprint density at radius 3 is 2.74 bits per heavy atom. The van der Waals surface area contributed by atoms with E-state index in [9.17, 15) is 9.90 Å². The maximum atomic E-state index is 12.3. The monoisotopic (exact) mass is 316 g/mol. The molecule has 1 atom stereocenters. The van der Waals surface area contributed by atoms with E-state index in [0.717, 1.165) is 45.1 Å². The molecule has 1 aromatic rings. The van der Waals surface area contributed by atoms with Gasteiger partial charge in [0.1, 0.15) is 0 Å². The summed E-state index contributed by atoms with van der Waals surface area (Å²) in [5, 5.41) is 12.7. The van der Waals surface area contributed by atoms with Gasteiger partial charge < -0.3 is 15.3 Å². The molecule has 1 aliphatic carbocycles. The lowest BCUT2D eigenvalue weighted by atomic mass is 9.93. The van der Waals surface area contributed by atoms with Crippen LogP contribution in [0.15, 0.2) is 24.3 Å². The predicted molar refractivity (Wildman–Crippen MR) is 92.6 cm³/mol. The lowest BCUT2D eigenvalue weighted by Crippen LogP contribution is -2.42. The van der Waals surface area contributed by atoms with Gasteiger partial charge in [0, 0.05) is 30.7 Å². The number of fused-ring (bicyclic) bond motifs is 1. The normalized spacial score (nSPS) is 27.4. The summed E-state index contributed by atoms with van der Waals surface area (Å²) in [6.07, 6.45) is 6.06. The molecule has 3 rings (SSSR count). The van der Waals surface area contributed by atoms with Crippen LogP contribution in [-0.4, -0.2) is 35.7 Å². The van der Waals surface area contributed by atoms with Gasteiger partial charge in [-0.1, -0.05) is 18.2 Å². The van der Waals surface area contributed by atoms with E-state index >= 15 is 0 Å². The zero-order chi connectivity index (χ0) is 16.2. The first-order valence-corrected chi connectivity index (χ1v) is 8.95. The van der Waals surface area contributed by atoms with Crippen LogP contribution in [0.1, 0.15) is 51.0 Å². The van der Waals surface area contributed by atoms with E-state index in [1.165, 1.54) is 11.3 Å². The summed E-state index contributed by atoms with van der Waals surface area (Å²) in [4.78, 5) is 14.6. The Labute approximate surface area is 138 Å². The van der Waals surface area contributed by atoms with Crippen LogP contribution in [0.2, 0.25) is 0 Å². The molecule has 2 N–H and O–H groups in total. The number of rotatable bonds is 4. The van der Waals surface area contributed by atoms with E-state index in [-0.39, 0.29) is 18.1 Å². The number of hydrogen-bond donors (Lipinski definition) is 2. The quantitative estimate of drug-likeness (QED) is 0.898. The molecular weight excluding hydrogens is 288 g/mol. The minimum atomic E-state index is -0.172. The van der Waals surface area contributed by atoms with E-state index in [4.69, 9.17) is 0 Å². The highest BCUT2D eigenvalue weighted by molar-refractivity contribution is 5.77. The van der Waals surface area contributed by atoms with Crippen molar-refractivity contribution in [3.63, 3.8) is 0 Å². The Morgan fingerprint density at radius 1 is 1.22 bits per heavy atom. The zero-order valence-corrected chi connectivity index (χ0v) is 14.0. The average Bonchev–Trinajstić information content (AvgIpc) is 2.56. The van der Waals surface area contributed by atoms with E-state index in [1.54, 1.807) is 0 Å². The number of aliphatic hydroxyl groups is 1. The van der Waals surface area contributed by atoms with Gasteiger partial charge in [-0.2, -0.15) is 0 Å². The molecule has 23 heavy (non-hydrogen) atoms. The second-order valence-corrected chi connectivity index (χ2v) is 7.03. The number of amides is 1.